The van der Waals surface area contributed by atoms with E-state index in [1.807, 2.05) is 11.0 Å². The summed E-state index contributed by atoms with van der Waals surface area (Å²) in [5.41, 5.74) is 0. The smallest absolute Gasteiger partial charge is 0.307 e. The van der Waals surface area contributed by atoms with E-state index in [9.17, 15) is 14.7 Å². The highest BCUT2D eigenvalue weighted by molar-refractivity contribution is 5.87. The summed E-state index contributed by atoms with van der Waals surface area (Å²) >= 11 is 0. The first-order valence-corrected chi connectivity index (χ1v) is 8.09. The number of rotatable bonds is 2. The van der Waals surface area contributed by atoms with Crippen LogP contribution in [-0.2, 0) is 9.59 Å². The highest BCUT2D eigenvalue weighted by atomic mass is 16.4. The largest absolute Gasteiger partial charge is 0.481 e. The van der Waals surface area contributed by atoms with Gasteiger partial charge >= 0.3 is 5.97 Å². The van der Waals surface area contributed by atoms with Gasteiger partial charge in [0.2, 0.25) is 5.91 Å². The minimum Gasteiger partial charge on any atom is -0.481 e. The number of carbonyl (C=O) groups excluding carboxylic acids is 1. The van der Waals surface area contributed by atoms with Crippen LogP contribution >= 0.6 is 0 Å². The van der Waals surface area contributed by atoms with Crippen molar-refractivity contribution in [1.29, 1.82) is 0 Å². The minimum atomic E-state index is -0.801. The summed E-state index contributed by atoms with van der Waals surface area (Å²) < 4.78 is 0. The van der Waals surface area contributed by atoms with E-state index in [1.54, 1.807) is 0 Å². The standard InChI is InChI=1S/C16H22N2O3/c19-15(18-7-6-17-5-1-2-12(17)9-18)13-10-3-4-11(8-10)14(13)16(20)21/h3-4,10-14H,1-2,5-9H2,(H,20,21). The zero-order valence-electron chi connectivity index (χ0n) is 12.1. The number of carbonyl (C=O) groups is 2. The zero-order chi connectivity index (χ0) is 14.6. The number of aliphatic carboxylic acids is 1. The van der Waals surface area contributed by atoms with Crippen molar-refractivity contribution in [1.82, 2.24) is 9.80 Å². The van der Waals surface area contributed by atoms with Crippen LogP contribution in [0.1, 0.15) is 19.3 Å². The number of hydrogen-bond acceptors (Lipinski definition) is 3. The van der Waals surface area contributed by atoms with Gasteiger partial charge in [0.25, 0.3) is 0 Å². The molecule has 1 saturated carbocycles. The number of carboxylic acid groups (broad SMARTS) is 1. The van der Waals surface area contributed by atoms with Gasteiger partial charge in [-0.1, -0.05) is 12.2 Å². The molecule has 3 fully saturated rings. The lowest BCUT2D eigenvalue weighted by atomic mass is 9.82. The second-order valence-electron chi connectivity index (χ2n) is 6.95. The van der Waals surface area contributed by atoms with Crippen LogP contribution in [0.5, 0.6) is 0 Å². The lowest BCUT2D eigenvalue weighted by Crippen LogP contribution is -2.54. The Hall–Kier alpha value is -1.36. The number of amides is 1. The van der Waals surface area contributed by atoms with Crippen molar-refractivity contribution in [2.24, 2.45) is 23.7 Å². The van der Waals surface area contributed by atoms with Crippen LogP contribution in [0.2, 0.25) is 0 Å². The van der Waals surface area contributed by atoms with Gasteiger partial charge in [-0.05, 0) is 37.6 Å². The Morgan fingerprint density at radius 3 is 2.57 bits per heavy atom. The number of fused-ring (bicyclic) bond motifs is 3. The van der Waals surface area contributed by atoms with Gasteiger partial charge in [0, 0.05) is 25.7 Å². The molecule has 4 aliphatic rings. The van der Waals surface area contributed by atoms with Crippen molar-refractivity contribution >= 4 is 11.9 Å². The molecular weight excluding hydrogens is 268 g/mol. The summed E-state index contributed by atoms with van der Waals surface area (Å²) in [5.74, 6) is -1.34. The Labute approximate surface area is 124 Å². The molecule has 0 radical (unpaired) electrons. The Morgan fingerprint density at radius 2 is 1.81 bits per heavy atom. The van der Waals surface area contributed by atoms with Gasteiger partial charge in [0.15, 0.2) is 0 Å². The lowest BCUT2D eigenvalue weighted by Gasteiger charge is -2.40. The van der Waals surface area contributed by atoms with E-state index in [0.717, 1.165) is 32.6 Å². The molecule has 1 amide bonds. The van der Waals surface area contributed by atoms with Gasteiger partial charge in [-0.15, -0.1) is 0 Å². The van der Waals surface area contributed by atoms with Crippen LogP contribution in [0.4, 0.5) is 0 Å². The average Bonchev–Trinajstić information content (AvgIpc) is 3.19. The van der Waals surface area contributed by atoms with Crippen molar-refractivity contribution in [2.45, 2.75) is 25.3 Å². The molecular formula is C16H22N2O3. The quantitative estimate of drug-likeness (QED) is 0.765. The summed E-state index contributed by atoms with van der Waals surface area (Å²) in [4.78, 5) is 28.9. The lowest BCUT2D eigenvalue weighted by molar-refractivity contribution is -0.152. The van der Waals surface area contributed by atoms with Crippen molar-refractivity contribution in [3.63, 3.8) is 0 Å². The van der Waals surface area contributed by atoms with Crippen molar-refractivity contribution < 1.29 is 14.7 Å². The SMILES string of the molecule is O=C(O)C1C2C=CC(C2)C1C(=O)N1CCN2CCCC2C1. The second-order valence-corrected chi connectivity index (χ2v) is 6.95. The Kier molecular flexibility index (Phi) is 3.06. The van der Waals surface area contributed by atoms with Gasteiger partial charge in [0.1, 0.15) is 0 Å². The minimum absolute atomic E-state index is 0.0641. The maximum absolute atomic E-state index is 12.9. The maximum atomic E-state index is 12.9. The van der Waals surface area contributed by atoms with E-state index < -0.39 is 11.9 Å². The summed E-state index contributed by atoms with van der Waals surface area (Å²) in [5, 5.41) is 9.49. The predicted molar refractivity (Wildman–Crippen MR) is 76.5 cm³/mol. The Morgan fingerprint density at radius 1 is 1.05 bits per heavy atom. The second kappa shape index (κ2) is 4.83. The molecule has 2 bridgehead atoms. The molecule has 5 heteroatoms. The molecule has 2 heterocycles. The van der Waals surface area contributed by atoms with Gasteiger partial charge in [0.05, 0.1) is 11.8 Å². The van der Waals surface area contributed by atoms with Crippen molar-refractivity contribution in [3.05, 3.63) is 12.2 Å². The molecule has 5 nitrogen and oxygen atoms in total. The molecule has 0 aromatic heterocycles. The fourth-order valence-electron chi connectivity index (χ4n) is 4.90. The van der Waals surface area contributed by atoms with Crippen molar-refractivity contribution in [2.75, 3.05) is 26.2 Å². The molecule has 0 spiro atoms. The van der Waals surface area contributed by atoms with Gasteiger partial charge in [-0.3, -0.25) is 14.5 Å². The normalized spacial score (nSPS) is 41.5. The van der Waals surface area contributed by atoms with Gasteiger partial charge in [-0.25, -0.2) is 0 Å². The molecule has 2 aliphatic carbocycles. The van der Waals surface area contributed by atoms with E-state index >= 15 is 0 Å². The summed E-state index contributed by atoms with van der Waals surface area (Å²) in [6.07, 6.45) is 7.31. The van der Waals surface area contributed by atoms with Crippen LogP contribution in [-0.4, -0.2) is 59.0 Å². The fourth-order valence-corrected chi connectivity index (χ4v) is 4.90. The van der Waals surface area contributed by atoms with E-state index in [0.29, 0.717) is 6.04 Å². The fraction of sp³-hybridized carbons (Fsp3) is 0.750. The van der Waals surface area contributed by atoms with Crippen LogP contribution in [0.3, 0.4) is 0 Å². The first-order valence-electron chi connectivity index (χ1n) is 8.09. The zero-order valence-corrected chi connectivity index (χ0v) is 12.1. The summed E-state index contributed by atoms with van der Waals surface area (Å²) in [7, 11) is 0. The topological polar surface area (TPSA) is 60.9 Å². The molecule has 1 N–H and O–H groups in total. The first kappa shape index (κ1) is 13.3. The monoisotopic (exact) mass is 290 g/mol. The Balaban J connectivity index is 1.52. The maximum Gasteiger partial charge on any atom is 0.307 e. The number of carboxylic acids is 1. The molecule has 4 rings (SSSR count). The predicted octanol–water partition coefficient (Wildman–Crippen LogP) is 0.816. The molecule has 5 unspecified atom stereocenters. The van der Waals surface area contributed by atoms with Crippen LogP contribution in [0.15, 0.2) is 12.2 Å². The van der Waals surface area contributed by atoms with Crippen LogP contribution in [0.25, 0.3) is 0 Å². The summed E-state index contributed by atoms with van der Waals surface area (Å²) in [6, 6.07) is 0.500. The van der Waals surface area contributed by atoms with E-state index in [4.69, 9.17) is 0 Å². The molecule has 21 heavy (non-hydrogen) atoms. The highest BCUT2D eigenvalue weighted by Gasteiger charge is 2.53. The number of piperazine rings is 1. The third-order valence-electron chi connectivity index (χ3n) is 5.93. The first-order chi connectivity index (χ1) is 10.1. The molecule has 2 aliphatic heterocycles. The van der Waals surface area contributed by atoms with E-state index in [2.05, 4.69) is 11.0 Å². The van der Waals surface area contributed by atoms with Crippen LogP contribution in [0, 0.1) is 23.7 Å². The highest BCUT2D eigenvalue weighted by Crippen LogP contribution is 2.49. The number of hydrogen-bond donors (Lipinski definition) is 1. The summed E-state index contributed by atoms with van der Waals surface area (Å²) in [6.45, 7) is 3.66. The Bertz CT molecular complexity index is 504. The molecule has 114 valence electrons. The van der Waals surface area contributed by atoms with E-state index in [1.165, 1.54) is 12.8 Å². The van der Waals surface area contributed by atoms with Crippen LogP contribution < -0.4 is 0 Å². The molecule has 2 saturated heterocycles. The van der Waals surface area contributed by atoms with Gasteiger partial charge in [-0.2, -0.15) is 0 Å². The number of nitrogens with zero attached hydrogens (tertiary/aromatic N) is 2. The molecule has 0 aromatic rings. The molecule has 5 atom stereocenters. The van der Waals surface area contributed by atoms with Crippen molar-refractivity contribution in [3.8, 4) is 0 Å². The average molecular weight is 290 g/mol. The van der Waals surface area contributed by atoms with Gasteiger partial charge < -0.3 is 10.0 Å². The van der Waals surface area contributed by atoms with E-state index in [-0.39, 0.29) is 23.7 Å². The third-order valence-corrected chi connectivity index (χ3v) is 5.93. The third kappa shape index (κ3) is 2.01. The molecule has 0 aromatic carbocycles. The number of allylic oxidation sites excluding steroid dienone is 2.